The molecule has 1 aromatic carbocycles. The van der Waals surface area contributed by atoms with Crippen LogP contribution in [-0.2, 0) is 6.54 Å². The van der Waals surface area contributed by atoms with Gasteiger partial charge in [0.05, 0.1) is 11.4 Å². The molecule has 3 nitrogen and oxygen atoms in total. The predicted molar refractivity (Wildman–Crippen MR) is 85.3 cm³/mol. The summed E-state index contributed by atoms with van der Waals surface area (Å²) in [7, 11) is 1.86. The zero-order valence-electron chi connectivity index (χ0n) is 13.0. The van der Waals surface area contributed by atoms with Crippen LogP contribution < -0.4 is 10.2 Å². The molecule has 2 aromatic rings. The first kappa shape index (κ1) is 15.4. The molecule has 0 fully saturated rings. The summed E-state index contributed by atoms with van der Waals surface area (Å²) in [6.07, 6.45) is 1.76. The van der Waals surface area contributed by atoms with Crippen molar-refractivity contribution in [2.75, 3.05) is 11.9 Å². The highest BCUT2D eigenvalue weighted by Gasteiger charge is 2.11. The van der Waals surface area contributed by atoms with Crippen molar-refractivity contribution in [2.24, 2.45) is 0 Å². The summed E-state index contributed by atoms with van der Waals surface area (Å²) in [5, 5.41) is 3.40. The highest BCUT2D eigenvalue weighted by molar-refractivity contribution is 5.62. The molecule has 0 atom stereocenters. The van der Waals surface area contributed by atoms with Crippen molar-refractivity contribution in [3.8, 4) is 0 Å². The summed E-state index contributed by atoms with van der Waals surface area (Å²) in [5.41, 5.74) is 2.44. The molecule has 0 unspecified atom stereocenters. The molecule has 0 aliphatic heterocycles. The van der Waals surface area contributed by atoms with E-state index in [2.05, 4.69) is 31.1 Å². The van der Waals surface area contributed by atoms with Gasteiger partial charge in [-0.3, -0.25) is 4.98 Å². The van der Waals surface area contributed by atoms with Gasteiger partial charge in [-0.05, 0) is 45.0 Å². The minimum Gasteiger partial charge on any atom is -0.342 e. The number of nitrogens with one attached hydrogen (secondary N) is 1. The van der Waals surface area contributed by atoms with Gasteiger partial charge in [-0.2, -0.15) is 0 Å². The second kappa shape index (κ2) is 6.22. The van der Waals surface area contributed by atoms with Crippen molar-refractivity contribution in [2.45, 2.75) is 32.9 Å². The molecule has 0 saturated carbocycles. The third kappa shape index (κ3) is 4.26. The summed E-state index contributed by atoms with van der Waals surface area (Å²) in [6, 6.07) is 10.6. The number of pyridine rings is 1. The smallest absolute Gasteiger partial charge is 0.146 e. The predicted octanol–water partition coefficient (Wildman–Crippen LogP) is 3.88. The maximum atomic E-state index is 13.9. The summed E-state index contributed by atoms with van der Waals surface area (Å²) in [5.74, 6) is -0.230. The van der Waals surface area contributed by atoms with Crippen LogP contribution in [0.1, 0.15) is 26.5 Å². The van der Waals surface area contributed by atoms with E-state index < -0.39 is 0 Å². The molecule has 0 saturated heterocycles. The third-order valence-electron chi connectivity index (χ3n) is 3.20. The summed E-state index contributed by atoms with van der Waals surface area (Å²) in [4.78, 5) is 6.19. The lowest BCUT2D eigenvalue weighted by molar-refractivity contribution is 0.421. The van der Waals surface area contributed by atoms with E-state index in [1.807, 2.05) is 30.1 Å². The Morgan fingerprint density at radius 2 is 1.90 bits per heavy atom. The van der Waals surface area contributed by atoms with Crippen LogP contribution in [0.15, 0.2) is 42.6 Å². The quantitative estimate of drug-likeness (QED) is 0.925. The van der Waals surface area contributed by atoms with E-state index in [1.54, 1.807) is 18.3 Å². The second-order valence-electron chi connectivity index (χ2n) is 6.12. The monoisotopic (exact) mass is 287 g/mol. The minimum atomic E-state index is -0.230. The maximum absolute atomic E-state index is 13.9. The molecule has 0 aliphatic carbocycles. The first-order chi connectivity index (χ1) is 9.87. The number of hydrogen-bond donors (Lipinski definition) is 1. The maximum Gasteiger partial charge on any atom is 0.146 e. The number of para-hydroxylation sites is 1. The fourth-order valence-electron chi connectivity index (χ4n) is 1.99. The van der Waals surface area contributed by atoms with Gasteiger partial charge < -0.3 is 10.2 Å². The Hall–Kier alpha value is -1.94. The number of anilines is 2. The molecule has 0 radical (unpaired) electrons. The van der Waals surface area contributed by atoms with E-state index in [-0.39, 0.29) is 11.4 Å². The van der Waals surface area contributed by atoms with Crippen molar-refractivity contribution >= 4 is 11.4 Å². The van der Waals surface area contributed by atoms with Gasteiger partial charge in [0.15, 0.2) is 0 Å². The lowest BCUT2D eigenvalue weighted by Gasteiger charge is -2.22. The number of aromatic nitrogens is 1. The summed E-state index contributed by atoms with van der Waals surface area (Å²) < 4.78 is 13.9. The number of nitrogens with zero attached hydrogens (tertiary/aromatic N) is 2. The molecule has 4 heteroatoms. The zero-order chi connectivity index (χ0) is 15.5. The van der Waals surface area contributed by atoms with E-state index in [4.69, 9.17) is 0 Å². The van der Waals surface area contributed by atoms with Gasteiger partial charge >= 0.3 is 0 Å². The van der Waals surface area contributed by atoms with E-state index in [9.17, 15) is 4.39 Å². The van der Waals surface area contributed by atoms with Crippen LogP contribution in [0.25, 0.3) is 0 Å². The number of rotatable bonds is 4. The topological polar surface area (TPSA) is 28.2 Å². The summed E-state index contributed by atoms with van der Waals surface area (Å²) in [6.45, 7) is 7.02. The molecular weight excluding hydrogens is 265 g/mol. The molecule has 0 spiro atoms. The van der Waals surface area contributed by atoms with Gasteiger partial charge in [-0.1, -0.05) is 12.1 Å². The Balaban J connectivity index is 2.19. The van der Waals surface area contributed by atoms with Gasteiger partial charge in [0.1, 0.15) is 5.82 Å². The van der Waals surface area contributed by atoms with Crippen LogP contribution in [0.3, 0.4) is 0 Å². The molecule has 0 bridgehead atoms. The lowest BCUT2D eigenvalue weighted by atomic mass is 10.1. The fourth-order valence-corrected chi connectivity index (χ4v) is 1.99. The average molecular weight is 287 g/mol. The molecule has 1 N–H and O–H groups in total. The lowest BCUT2D eigenvalue weighted by Crippen LogP contribution is -2.35. The van der Waals surface area contributed by atoms with Gasteiger partial charge in [0.25, 0.3) is 0 Å². The molecule has 1 aromatic heterocycles. The Morgan fingerprint density at radius 1 is 1.19 bits per heavy atom. The molecular formula is C17H22FN3. The van der Waals surface area contributed by atoms with Crippen molar-refractivity contribution in [1.82, 2.24) is 10.3 Å². The van der Waals surface area contributed by atoms with Crippen LogP contribution in [-0.4, -0.2) is 17.6 Å². The van der Waals surface area contributed by atoms with E-state index >= 15 is 0 Å². The second-order valence-corrected chi connectivity index (χ2v) is 6.12. The Bertz CT molecular complexity index is 605. The van der Waals surface area contributed by atoms with Crippen LogP contribution >= 0.6 is 0 Å². The molecule has 21 heavy (non-hydrogen) atoms. The number of halogens is 1. The normalized spacial score (nSPS) is 11.5. The molecule has 1 heterocycles. The van der Waals surface area contributed by atoms with E-state index in [0.29, 0.717) is 12.2 Å². The Labute approximate surface area is 125 Å². The third-order valence-corrected chi connectivity index (χ3v) is 3.20. The fraction of sp³-hybridized carbons (Fsp3) is 0.353. The van der Waals surface area contributed by atoms with Crippen LogP contribution in [0.4, 0.5) is 15.8 Å². The zero-order valence-corrected chi connectivity index (χ0v) is 13.0. The van der Waals surface area contributed by atoms with E-state index in [0.717, 1.165) is 11.4 Å². The van der Waals surface area contributed by atoms with Gasteiger partial charge in [0, 0.05) is 31.0 Å². The standard InChI is InChI=1S/C17H22FN3/c1-17(2,3)20-12-13-11-14(9-10-19-13)21(4)16-8-6-5-7-15(16)18/h5-11,20H,12H2,1-4H3. The molecule has 0 aliphatic rings. The minimum absolute atomic E-state index is 0.0368. The van der Waals surface area contributed by atoms with Crippen LogP contribution in [0, 0.1) is 5.82 Å². The van der Waals surface area contributed by atoms with Gasteiger partial charge in [-0.25, -0.2) is 4.39 Å². The van der Waals surface area contributed by atoms with Gasteiger partial charge in [0.2, 0.25) is 0 Å². The van der Waals surface area contributed by atoms with Gasteiger partial charge in [-0.15, -0.1) is 0 Å². The first-order valence-corrected chi connectivity index (χ1v) is 7.05. The summed E-state index contributed by atoms with van der Waals surface area (Å²) >= 11 is 0. The Morgan fingerprint density at radius 3 is 2.57 bits per heavy atom. The molecule has 0 amide bonds. The van der Waals surface area contributed by atoms with Crippen LogP contribution in [0.5, 0.6) is 0 Å². The van der Waals surface area contributed by atoms with Crippen molar-refractivity contribution in [1.29, 1.82) is 0 Å². The highest BCUT2D eigenvalue weighted by atomic mass is 19.1. The number of benzene rings is 1. The highest BCUT2D eigenvalue weighted by Crippen LogP contribution is 2.25. The SMILES string of the molecule is CN(c1ccnc(CNC(C)(C)C)c1)c1ccccc1F. The average Bonchev–Trinajstić information content (AvgIpc) is 2.44. The first-order valence-electron chi connectivity index (χ1n) is 7.05. The molecule has 2 rings (SSSR count). The molecule has 112 valence electrons. The van der Waals surface area contributed by atoms with E-state index in [1.165, 1.54) is 6.07 Å². The Kier molecular flexibility index (Phi) is 4.58. The van der Waals surface area contributed by atoms with Crippen molar-refractivity contribution in [3.05, 3.63) is 54.1 Å². The van der Waals surface area contributed by atoms with Crippen molar-refractivity contribution < 1.29 is 4.39 Å². The largest absolute Gasteiger partial charge is 0.342 e. The van der Waals surface area contributed by atoms with Crippen molar-refractivity contribution in [3.63, 3.8) is 0 Å². The van der Waals surface area contributed by atoms with Crippen LogP contribution in [0.2, 0.25) is 0 Å². The number of hydrogen-bond acceptors (Lipinski definition) is 3.